The standard InChI is InChI=1S/C16H23FO2S/c1-12(2)15-10-9-13(3)11-16(15,20(17,18)19)14-7-5-4-6-8-14/h4-8,12-13,15H,9-11H2,1-3H3. The third-order valence-corrected chi connectivity index (χ3v) is 6.30. The smallest absolute Gasteiger partial charge is 0.194 e. The van der Waals surface area contributed by atoms with Crippen LogP contribution in [-0.2, 0) is 15.0 Å². The van der Waals surface area contributed by atoms with Crippen molar-refractivity contribution in [3.05, 3.63) is 35.9 Å². The predicted octanol–water partition coefficient (Wildman–Crippen LogP) is 4.27. The molecule has 0 saturated heterocycles. The molecule has 0 spiro atoms. The number of hydrogen-bond acceptors (Lipinski definition) is 2. The molecular formula is C16H23FO2S. The van der Waals surface area contributed by atoms with Crippen molar-refractivity contribution in [1.29, 1.82) is 0 Å². The van der Waals surface area contributed by atoms with Gasteiger partial charge in [0.25, 0.3) is 0 Å². The Labute approximate surface area is 121 Å². The van der Waals surface area contributed by atoms with Crippen LogP contribution in [-0.4, -0.2) is 8.42 Å². The first-order valence-electron chi connectivity index (χ1n) is 7.28. The van der Waals surface area contributed by atoms with Crippen LogP contribution in [0, 0.1) is 17.8 Å². The highest BCUT2D eigenvalue weighted by molar-refractivity contribution is 7.87. The average Bonchev–Trinajstić information content (AvgIpc) is 2.37. The van der Waals surface area contributed by atoms with E-state index in [9.17, 15) is 12.3 Å². The van der Waals surface area contributed by atoms with E-state index in [-0.39, 0.29) is 17.8 Å². The summed E-state index contributed by atoms with van der Waals surface area (Å²) in [6.07, 6.45) is 2.10. The molecule has 0 N–H and O–H groups in total. The molecule has 112 valence electrons. The monoisotopic (exact) mass is 298 g/mol. The van der Waals surface area contributed by atoms with E-state index in [4.69, 9.17) is 0 Å². The molecule has 3 atom stereocenters. The Morgan fingerprint density at radius 1 is 1.20 bits per heavy atom. The Hall–Kier alpha value is -0.900. The largest absolute Gasteiger partial charge is 0.312 e. The summed E-state index contributed by atoms with van der Waals surface area (Å²) in [6.45, 7) is 5.99. The van der Waals surface area contributed by atoms with Crippen LogP contribution in [0.3, 0.4) is 0 Å². The minimum absolute atomic E-state index is 0.133. The van der Waals surface area contributed by atoms with Crippen molar-refractivity contribution >= 4 is 10.2 Å². The maximum atomic E-state index is 14.4. The fourth-order valence-corrected chi connectivity index (χ4v) is 5.47. The van der Waals surface area contributed by atoms with E-state index in [1.165, 1.54) is 0 Å². The summed E-state index contributed by atoms with van der Waals surface area (Å²) in [7, 11) is -4.67. The summed E-state index contributed by atoms with van der Waals surface area (Å²) in [5.74, 6) is 0.181. The molecule has 0 aliphatic heterocycles. The van der Waals surface area contributed by atoms with Gasteiger partial charge >= 0.3 is 10.2 Å². The quantitative estimate of drug-likeness (QED) is 0.781. The Balaban J connectivity index is 2.66. The van der Waals surface area contributed by atoms with Gasteiger partial charge in [0.2, 0.25) is 0 Å². The second kappa shape index (κ2) is 5.47. The Morgan fingerprint density at radius 3 is 2.30 bits per heavy atom. The number of rotatable bonds is 3. The Kier molecular flexibility index (Phi) is 4.24. The van der Waals surface area contributed by atoms with Gasteiger partial charge in [0.1, 0.15) is 4.75 Å². The molecule has 1 aliphatic rings. The van der Waals surface area contributed by atoms with Gasteiger partial charge in [-0.1, -0.05) is 57.5 Å². The van der Waals surface area contributed by atoms with Gasteiger partial charge in [-0.15, -0.1) is 3.89 Å². The summed E-state index contributed by atoms with van der Waals surface area (Å²) in [4.78, 5) is 0. The van der Waals surface area contributed by atoms with Crippen LogP contribution in [0.5, 0.6) is 0 Å². The van der Waals surface area contributed by atoms with Crippen LogP contribution in [0.25, 0.3) is 0 Å². The van der Waals surface area contributed by atoms with Crippen LogP contribution in [0.1, 0.15) is 45.6 Å². The van der Waals surface area contributed by atoms with Crippen molar-refractivity contribution in [3.63, 3.8) is 0 Å². The van der Waals surface area contributed by atoms with E-state index >= 15 is 0 Å². The Bertz CT molecular complexity index is 553. The zero-order valence-electron chi connectivity index (χ0n) is 12.3. The lowest BCUT2D eigenvalue weighted by Gasteiger charge is -2.45. The van der Waals surface area contributed by atoms with Crippen LogP contribution >= 0.6 is 0 Å². The average molecular weight is 298 g/mol. The van der Waals surface area contributed by atoms with Gasteiger partial charge in [0.15, 0.2) is 0 Å². The highest BCUT2D eigenvalue weighted by Crippen LogP contribution is 2.52. The van der Waals surface area contributed by atoms with Crippen molar-refractivity contribution in [2.24, 2.45) is 17.8 Å². The van der Waals surface area contributed by atoms with Crippen molar-refractivity contribution in [2.45, 2.75) is 44.8 Å². The molecule has 20 heavy (non-hydrogen) atoms. The molecule has 2 rings (SSSR count). The third kappa shape index (κ3) is 2.50. The molecule has 0 heterocycles. The third-order valence-electron chi connectivity index (χ3n) is 4.72. The summed E-state index contributed by atoms with van der Waals surface area (Å²) in [6, 6.07) is 8.92. The van der Waals surface area contributed by atoms with E-state index in [0.29, 0.717) is 12.0 Å². The van der Waals surface area contributed by atoms with E-state index in [1.54, 1.807) is 24.3 Å². The van der Waals surface area contributed by atoms with Crippen molar-refractivity contribution in [1.82, 2.24) is 0 Å². The fourth-order valence-electron chi connectivity index (χ4n) is 3.81. The molecule has 4 heteroatoms. The maximum absolute atomic E-state index is 14.4. The highest BCUT2D eigenvalue weighted by atomic mass is 32.3. The van der Waals surface area contributed by atoms with E-state index < -0.39 is 15.0 Å². The molecule has 1 fully saturated rings. The van der Waals surface area contributed by atoms with E-state index in [2.05, 4.69) is 0 Å². The molecular weight excluding hydrogens is 275 g/mol. The molecule has 0 amide bonds. The van der Waals surface area contributed by atoms with Crippen LogP contribution in [0.15, 0.2) is 30.3 Å². The molecule has 1 aromatic rings. The molecule has 3 unspecified atom stereocenters. The highest BCUT2D eigenvalue weighted by Gasteiger charge is 2.55. The summed E-state index contributed by atoms with van der Waals surface area (Å²) < 4.78 is 37.2. The zero-order valence-corrected chi connectivity index (χ0v) is 13.2. The number of hydrogen-bond donors (Lipinski definition) is 0. The lowest BCUT2D eigenvalue weighted by atomic mass is 9.67. The van der Waals surface area contributed by atoms with Gasteiger partial charge < -0.3 is 0 Å². The van der Waals surface area contributed by atoms with Crippen molar-refractivity contribution in [3.8, 4) is 0 Å². The topological polar surface area (TPSA) is 34.1 Å². The van der Waals surface area contributed by atoms with E-state index in [1.807, 2.05) is 26.8 Å². The minimum Gasteiger partial charge on any atom is -0.194 e. The van der Waals surface area contributed by atoms with Gasteiger partial charge in [-0.3, -0.25) is 0 Å². The van der Waals surface area contributed by atoms with Gasteiger partial charge in [-0.2, -0.15) is 8.42 Å². The van der Waals surface area contributed by atoms with Crippen LogP contribution < -0.4 is 0 Å². The first kappa shape index (κ1) is 15.5. The lowest BCUT2D eigenvalue weighted by Crippen LogP contribution is -2.47. The number of halogens is 1. The molecule has 0 radical (unpaired) electrons. The lowest BCUT2D eigenvalue weighted by molar-refractivity contribution is 0.159. The second-order valence-corrected chi connectivity index (χ2v) is 8.03. The zero-order chi connectivity index (χ0) is 15.0. The first-order valence-corrected chi connectivity index (χ1v) is 8.67. The van der Waals surface area contributed by atoms with Gasteiger partial charge in [-0.05, 0) is 36.2 Å². The first-order chi connectivity index (χ1) is 9.29. The molecule has 0 bridgehead atoms. The summed E-state index contributed by atoms with van der Waals surface area (Å²) in [5, 5.41) is 0. The predicted molar refractivity (Wildman–Crippen MR) is 79.5 cm³/mol. The van der Waals surface area contributed by atoms with Crippen LogP contribution in [0.2, 0.25) is 0 Å². The normalized spacial score (nSPS) is 31.4. The minimum atomic E-state index is -4.67. The molecule has 1 saturated carbocycles. The molecule has 1 aliphatic carbocycles. The molecule has 1 aromatic carbocycles. The number of benzene rings is 1. The maximum Gasteiger partial charge on any atom is 0.312 e. The van der Waals surface area contributed by atoms with Gasteiger partial charge in [0, 0.05) is 0 Å². The van der Waals surface area contributed by atoms with Crippen LogP contribution in [0.4, 0.5) is 3.89 Å². The molecule has 2 nitrogen and oxygen atoms in total. The van der Waals surface area contributed by atoms with Gasteiger partial charge in [0.05, 0.1) is 0 Å². The Morgan fingerprint density at radius 2 is 1.80 bits per heavy atom. The second-order valence-electron chi connectivity index (χ2n) is 6.43. The van der Waals surface area contributed by atoms with Gasteiger partial charge in [-0.25, -0.2) is 0 Å². The molecule has 0 aromatic heterocycles. The van der Waals surface area contributed by atoms with Crippen molar-refractivity contribution in [2.75, 3.05) is 0 Å². The van der Waals surface area contributed by atoms with E-state index in [0.717, 1.165) is 12.8 Å². The summed E-state index contributed by atoms with van der Waals surface area (Å²) >= 11 is 0. The summed E-state index contributed by atoms with van der Waals surface area (Å²) in [5.41, 5.74) is 0.604. The van der Waals surface area contributed by atoms with Crippen molar-refractivity contribution < 1.29 is 12.3 Å². The fraction of sp³-hybridized carbons (Fsp3) is 0.625. The SMILES string of the molecule is CC1CCC(C(C)C)C(c2ccccc2)(S(=O)(=O)F)C1.